The lowest BCUT2D eigenvalue weighted by atomic mass is 9.82. The van der Waals surface area contributed by atoms with E-state index in [4.69, 9.17) is 9.47 Å². The molecule has 5 nitrogen and oxygen atoms in total. The molecule has 2 aliphatic rings. The number of ether oxygens (including phenoxy) is 2. The Bertz CT molecular complexity index is 528. The second kappa shape index (κ2) is 7.83. The van der Waals surface area contributed by atoms with Crippen molar-refractivity contribution in [3.8, 4) is 5.75 Å². The van der Waals surface area contributed by atoms with Gasteiger partial charge in [0.1, 0.15) is 18.5 Å². The maximum absolute atomic E-state index is 9.91. The van der Waals surface area contributed by atoms with Crippen LogP contribution in [0.15, 0.2) is 24.3 Å². The topological polar surface area (TPSA) is 62.2 Å². The minimum atomic E-state index is -0.735. The molecule has 0 saturated carbocycles. The van der Waals surface area contributed by atoms with E-state index in [1.807, 2.05) is 18.2 Å². The molecule has 1 aromatic carbocycles. The van der Waals surface area contributed by atoms with Crippen molar-refractivity contribution in [2.45, 2.75) is 50.4 Å². The van der Waals surface area contributed by atoms with Gasteiger partial charge in [0.15, 0.2) is 0 Å². The third kappa shape index (κ3) is 4.09. The highest BCUT2D eigenvalue weighted by Gasteiger charge is 2.42. The van der Waals surface area contributed by atoms with Gasteiger partial charge >= 0.3 is 0 Å². The maximum Gasteiger partial charge on any atom is 0.122 e. The van der Waals surface area contributed by atoms with E-state index in [0.29, 0.717) is 13.0 Å². The van der Waals surface area contributed by atoms with Crippen LogP contribution in [0, 0.1) is 0 Å². The fourth-order valence-electron chi connectivity index (χ4n) is 3.70. The average molecular weight is 335 g/mol. The summed E-state index contributed by atoms with van der Waals surface area (Å²) < 4.78 is 11.8. The largest absolute Gasteiger partial charge is 0.492 e. The van der Waals surface area contributed by atoms with Crippen LogP contribution >= 0.6 is 0 Å². The van der Waals surface area contributed by atoms with E-state index in [1.54, 1.807) is 0 Å². The predicted molar refractivity (Wildman–Crippen MR) is 92.3 cm³/mol. The first-order valence-electron chi connectivity index (χ1n) is 9.05. The van der Waals surface area contributed by atoms with Crippen LogP contribution in [0.1, 0.15) is 31.7 Å². The van der Waals surface area contributed by atoms with Crippen LogP contribution < -0.4 is 4.74 Å². The monoisotopic (exact) mass is 335 g/mol. The number of hydrogen-bond acceptors (Lipinski definition) is 5. The zero-order chi connectivity index (χ0) is 17.0. The summed E-state index contributed by atoms with van der Waals surface area (Å²) in [6.45, 7) is 5.87. The fourth-order valence-corrected chi connectivity index (χ4v) is 3.70. The van der Waals surface area contributed by atoms with Gasteiger partial charge in [-0.2, -0.15) is 0 Å². The number of aliphatic hydroxyl groups is 2. The van der Waals surface area contributed by atoms with Gasteiger partial charge in [-0.05, 0) is 30.9 Å². The van der Waals surface area contributed by atoms with E-state index in [2.05, 4.69) is 17.9 Å². The number of aliphatic hydroxyl groups excluding tert-OH is 2. The third-order valence-corrected chi connectivity index (χ3v) is 5.37. The van der Waals surface area contributed by atoms with Crippen LogP contribution in [0.2, 0.25) is 0 Å². The summed E-state index contributed by atoms with van der Waals surface area (Å²) >= 11 is 0. The molecule has 2 N–H and O–H groups in total. The van der Waals surface area contributed by atoms with Crippen molar-refractivity contribution in [2.75, 3.05) is 32.8 Å². The smallest absolute Gasteiger partial charge is 0.122 e. The Morgan fingerprint density at radius 2 is 1.96 bits per heavy atom. The van der Waals surface area contributed by atoms with Gasteiger partial charge in [-0.3, -0.25) is 4.90 Å². The Kier molecular flexibility index (Phi) is 5.76. The Hall–Kier alpha value is -1.14. The summed E-state index contributed by atoms with van der Waals surface area (Å²) in [5, 5.41) is 19.5. The van der Waals surface area contributed by atoms with Crippen LogP contribution in [-0.2, 0) is 11.2 Å². The minimum Gasteiger partial charge on any atom is -0.492 e. The highest BCUT2D eigenvalue weighted by atomic mass is 16.5. The van der Waals surface area contributed by atoms with E-state index >= 15 is 0 Å². The van der Waals surface area contributed by atoms with Gasteiger partial charge in [-0.1, -0.05) is 25.1 Å². The van der Waals surface area contributed by atoms with E-state index in [9.17, 15) is 10.2 Å². The Labute approximate surface area is 144 Å². The molecular formula is C19H29NO4. The van der Waals surface area contributed by atoms with Gasteiger partial charge in [0, 0.05) is 26.1 Å². The van der Waals surface area contributed by atoms with Crippen molar-refractivity contribution in [3.05, 3.63) is 29.8 Å². The summed E-state index contributed by atoms with van der Waals surface area (Å²) in [4.78, 5) is 2.39. The Balaban J connectivity index is 1.43. The van der Waals surface area contributed by atoms with E-state index in [0.717, 1.165) is 44.6 Å². The number of piperidine rings is 1. The van der Waals surface area contributed by atoms with Crippen LogP contribution in [0.25, 0.3) is 0 Å². The SMILES string of the molecule is CCc1ccccc1OCCN1CCC2(CC1)C[C@@H](O)[C@@H](O)CO2. The summed E-state index contributed by atoms with van der Waals surface area (Å²) in [5.74, 6) is 0.987. The second-order valence-electron chi connectivity index (χ2n) is 6.98. The molecule has 0 bridgehead atoms. The zero-order valence-corrected chi connectivity index (χ0v) is 14.5. The lowest BCUT2D eigenvalue weighted by molar-refractivity contribution is -0.187. The first-order chi connectivity index (χ1) is 11.6. The van der Waals surface area contributed by atoms with Crippen molar-refractivity contribution in [2.24, 2.45) is 0 Å². The number of nitrogens with zero attached hydrogens (tertiary/aromatic N) is 1. The van der Waals surface area contributed by atoms with E-state index in [1.165, 1.54) is 5.56 Å². The van der Waals surface area contributed by atoms with Crippen molar-refractivity contribution in [1.82, 2.24) is 4.90 Å². The number of hydrogen-bond donors (Lipinski definition) is 2. The molecule has 5 heteroatoms. The Morgan fingerprint density at radius 1 is 1.21 bits per heavy atom. The molecule has 0 amide bonds. The molecule has 2 atom stereocenters. The van der Waals surface area contributed by atoms with E-state index < -0.39 is 12.2 Å². The predicted octanol–water partition coefficient (Wildman–Crippen LogP) is 1.60. The number of rotatable bonds is 5. The van der Waals surface area contributed by atoms with Gasteiger partial charge < -0.3 is 19.7 Å². The summed E-state index contributed by atoms with van der Waals surface area (Å²) in [6.07, 6.45) is 1.95. The number of benzene rings is 1. The molecule has 2 heterocycles. The van der Waals surface area contributed by atoms with Gasteiger partial charge in [-0.25, -0.2) is 0 Å². The van der Waals surface area contributed by atoms with Gasteiger partial charge in [0.25, 0.3) is 0 Å². The summed E-state index contributed by atoms with van der Waals surface area (Å²) in [5.41, 5.74) is 1.00. The standard InChI is InChI=1S/C19H29NO4/c1-2-15-5-3-4-6-18(15)23-12-11-20-9-7-19(8-10-20)13-16(21)17(22)14-24-19/h3-6,16-17,21-22H,2,7-14H2,1H3/t16-,17+/m1/s1. The molecule has 0 aliphatic carbocycles. The minimum absolute atomic E-state index is 0.245. The highest BCUT2D eigenvalue weighted by molar-refractivity contribution is 5.33. The van der Waals surface area contributed by atoms with Crippen molar-refractivity contribution in [3.63, 3.8) is 0 Å². The van der Waals surface area contributed by atoms with Crippen LogP contribution in [0.5, 0.6) is 5.75 Å². The lowest BCUT2D eigenvalue weighted by Crippen LogP contribution is -2.54. The van der Waals surface area contributed by atoms with Crippen LogP contribution in [-0.4, -0.2) is 65.8 Å². The molecule has 2 fully saturated rings. The van der Waals surface area contributed by atoms with Gasteiger partial charge in [-0.15, -0.1) is 0 Å². The first kappa shape index (κ1) is 17.7. The van der Waals surface area contributed by atoms with Gasteiger partial charge in [0.05, 0.1) is 18.3 Å². The zero-order valence-electron chi connectivity index (χ0n) is 14.5. The highest BCUT2D eigenvalue weighted by Crippen LogP contribution is 2.35. The van der Waals surface area contributed by atoms with Crippen LogP contribution in [0.3, 0.4) is 0 Å². The molecule has 134 valence electrons. The lowest BCUT2D eigenvalue weighted by Gasteiger charge is -2.46. The quantitative estimate of drug-likeness (QED) is 0.856. The van der Waals surface area contributed by atoms with Crippen molar-refractivity contribution in [1.29, 1.82) is 0 Å². The molecule has 2 aliphatic heterocycles. The molecule has 0 radical (unpaired) electrons. The number of aryl methyl sites for hydroxylation is 1. The number of para-hydroxylation sites is 1. The molecular weight excluding hydrogens is 306 g/mol. The number of likely N-dealkylation sites (tertiary alicyclic amines) is 1. The van der Waals surface area contributed by atoms with Crippen LogP contribution in [0.4, 0.5) is 0 Å². The van der Waals surface area contributed by atoms with Crippen molar-refractivity contribution >= 4 is 0 Å². The summed E-state index contributed by atoms with van der Waals surface area (Å²) in [7, 11) is 0. The summed E-state index contributed by atoms with van der Waals surface area (Å²) in [6, 6.07) is 8.21. The third-order valence-electron chi connectivity index (χ3n) is 5.37. The molecule has 1 spiro atoms. The van der Waals surface area contributed by atoms with Crippen molar-refractivity contribution < 1.29 is 19.7 Å². The molecule has 3 rings (SSSR count). The first-order valence-corrected chi connectivity index (χ1v) is 9.05. The van der Waals surface area contributed by atoms with Gasteiger partial charge in [0.2, 0.25) is 0 Å². The fraction of sp³-hybridized carbons (Fsp3) is 0.684. The molecule has 24 heavy (non-hydrogen) atoms. The maximum atomic E-state index is 9.91. The second-order valence-corrected chi connectivity index (χ2v) is 6.98. The Morgan fingerprint density at radius 3 is 2.67 bits per heavy atom. The molecule has 1 aromatic rings. The normalized spacial score (nSPS) is 27.3. The molecule has 2 saturated heterocycles. The molecule has 0 unspecified atom stereocenters. The average Bonchev–Trinajstić information content (AvgIpc) is 2.61. The van der Waals surface area contributed by atoms with E-state index in [-0.39, 0.29) is 12.2 Å². The molecule has 0 aromatic heterocycles.